The fraction of sp³-hybridized carbons (Fsp3) is 0.0769. The molecular weight excluding hydrogens is 226 g/mol. The van der Waals surface area contributed by atoms with Crippen molar-refractivity contribution in [3.63, 3.8) is 0 Å². The second kappa shape index (κ2) is 5.18. The molecule has 0 fully saturated rings. The van der Waals surface area contributed by atoms with Gasteiger partial charge in [0, 0.05) is 5.69 Å². The van der Waals surface area contributed by atoms with E-state index >= 15 is 0 Å². The van der Waals surface area contributed by atoms with Crippen LogP contribution >= 0.6 is 0 Å². The maximum Gasteiger partial charge on any atom is 0.191 e. The van der Waals surface area contributed by atoms with Gasteiger partial charge in [-0.3, -0.25) is 0 Å². The average Bonchev–Trinajstić information content (AvgIpc) is 2.34. The van der Waals surface area contributed by atoms with E-state index in [2.05, 4.69) is 15.3 Å². The van der Waals surface area contributed by atoms with Crippen molar-refractivity contribution >= 4 is 23.2 Å². The Kier molecular flexibility index (Phi) is 3.43. The van der Waals surface area contributed by atoms with Crippen LogP contribution in [-0.2, 0) is 0 Å². The van der Waals surface area contributed by atoms with Gasteiger partial charge in [0.05, 0.1) is 11.9 Å². The van der Waals surface area contributed by atoms with Crippen LogP contribution in [0.5, 0.6) is 0 Å². The molecule has 92 valence electrons. The summed E-state index contributed by atoms with van der Waals surface area (Å²) in [6.07, 6.45) is 1.61. The van der Waals surface area contributed by atoms with Crippen LogP contribution in [0.15, 0.2) is 47.6 Å². The lowest BCUT2D eigenvalue weighted by Crippen LogP contribution is -2.21. The van der Waals surface area contributed by atoms with Gasteiger partial charge in [-0.25, -0.2) is 9.98 Å². The van der Waals surface area contributed by atoms with Crippen LogP contribution in [0.2, 0.25) is 0 Å². The summed E-state index contributed by atoms with van der Waals surface area (Å²) in [6, 6.07) is 11.7. The lowest BCUT2D eigenvalue weighted by Gasteiger charge is -2.05. The van der Waals surface area contributed by atoms with Crippen molar-refractivity contribution in [2.75, 3.05) is 5.32 Å². The molecule has 0 aliphatic carbocycles. The topological polar surface area (TPSA) is 89.3 Å². The molecule has 5 N–H and O–H groups in total. The molecule has 1 aromatic carbocycles. The number of nitrogens with zero attached hydrogens (tertiary/aromatic N) is 2. The third-order valence-corrected chi connectivity index (χ3v) is 2.33. The summed E-state index contributed by atoms with van der Waals surface area (Å²) >= 11 is 0. The first-order valence-electron chi connectivity index (χ1n) is 5.53. The number of pyridine rings is 1. The molecule has 0 atom stereocenters. The number of guanidine groups is 1. The summed E-state index contributed by atoms with van der Waals surface area (Å²) < 4.78 is 0. The molecule has 0 saturated heterocycles. The van der Waals surface area contributed by atoms with Crippen molar-refractivity contribution in [2.24, 2.45) is 16.5 Å². The zero-order chi connectivity index (χ0) is 13.0. The molecule has 0 amide bonds. The van der Waals surface area contributed by atoms with Gasteiger partial charge in [-0.15, -0.1) is 0 Å². The molecule has 5 nitrogen and oxygen atoms in total. The highest BCUT2D eigenvalue weighted by molar-refractivity contribution is 5.79. The highest BCUT2D eigenvalue weighted by Gasteiger charge is 1.96. The summed E-state index contributed by atoms with van der Waals surface area (Å²) in [4.78, 5) is 8.12. The monoisotopic (exact) mass is 241 g/mol. The van der Waals surface area contributed by atoms with Gasteiger partial charge in [-0.2, -0.15) is 0 Å². The Morgan fingerprint density at radius 2 is 1.83 bits per heavy atom. The highest BCUT2D eigenvalue weighted by Crippen LogP contribution is 2.17. The van der Waals surface area contributed by atoms with E-state index < -0.39 is 0 Å². The molecule has 5 heteroatoms. The number of aryl methyl sites for hydroxylation is 1. The number of nitrogens with one attached hydrogen (secondary N) is 1. The third-order valence-electron chi connectivity index (χ3n) is 2.33. The van der Waals surface area contributed by atoms with Crippen molar-refractivity contribution in [1.29, 1.82) is 0 Å². The van der Waals surface area contributed by atoms with Crippen molar-refractivity contribution in [3.05, 3.63) is 48.2 Å². The Labute approximate surface area is 106 Å². The molecule has 18 heavy (non-hydrogen) atoms. The molecule has 2 aromatic rings. The Hall–Kier alpha value is -2.56. The number of rotatable bonds is 3. The van der Waals surface area contributed by atoms with E-state index in [0.717, 1.165) is 11.5 Å². The molecule has 0 unspecified atom stereocenters. The summed E-state index contributed by atoms with van der Waals surface area (Å²) in [5.74, 6) is 0.768. The molecular formula is C13H15N5. The molecule has 0 bridgehead atoms. The van der Waals surface area contributed by atoms with Gasteiger partial charge in [0.2, 0.25) is 0 Å². The maximum absolute atomic E-state index is 5.28. The third kappa shape index (κ3) is 3.21. The van der Waals surface area contributed by atoms with Crippen LogP contribution in [0.25, 0.3) is 0 Å². The zero-order valence-corrected chi connectivity index (χ0v) is 10.1. The van der Waals surface area contributed by atoms with Crippen LogP contribution < -0.4 is 16.8 Å². The van der Waals surface area contributed by atoms with Crippen LogP contribution in [0, 0.1) is 6.92 Å². The minimum atomic E-state index is 0.0241. The first-order chi connectivity index (χ1) is 8.63. The highest BCUT2D eigenvalue weighted by atomic mass is 15.0. The van der Waals surface area contributed by atoms with Crippen molar-refractivity contribution in [3.8, 4) is 0 Å². The minimum absolute atomic E-state index is 0.0241. The number of benzene rings is 1. The van der Waals surface area contributed by atoms with E-state index in [1.54, 1.807) is 12.3 Å². The van der Waals surface area contributed by atoms with Gasteiger partial charge in [-0.1, -0.05) is 17.7 Å². The van der Waals surface area contributed by atoms with Gasteiger partial charge in [0.1, 0.15) is 5.82 Å². The number of hydrogen-bond acceptors (Lipinski definition) is 3. The van der Waals surface area contributed by atoms with Gasteiger partial charge >= 0.3 is 0 Å². The quantitative estimate of drug-likeness (QED) is 0.566. The first-order valence-corrected chi connectivity index (χ1v) is 5.53. The molecule has 2 rings (SSSR count). The average molecular weight is 241 g/mol. The summed E-state index contributed by atoms with van der Waals surface area (Å²) in [7, 11) is 0. The Morgan fingerprint density at radius 1 is 1.11 bits per heavy atom. The van der Waals surface area contributed by atoms with E-state index in [1.165, 1.54) is 5.56 Å². The SMILES string of the molecule is Cc1ccc(Nc2ccc(N=C(N)N)cn2)cc1. The van der Waals surface area contributed by atoms with Crippen molar-refractivity contribution < 1.29 is 0 Å². The maximum atomic E-state index is 5.28. The second-order valence-electron chi connectivity index (χ2n) is 3.93. The minimum Gasteiger partial charge on any atom is -0.370 e. The van der Waals surface area contributed by atoms with Crippen molar-refractivity contribution in [2.45, 2.75) is 6.92 Å². The smallest absolute Gasteiger partial charge is 0.191 e. The summed E-state index contributed by atoms with van der Waals surface area (Å²) in [6.45, 7) is 2.05. The predicted molar refractivity (Wildman–Crippen MR) is 74.2 cm³/mol. The van der Waals surface area contributed by atoms with Crippen LogP contribution in [0.4, 0.5) is 17.2 Å². The largest absolute Gasteiger partial charge is 0.370 e. The summed E-state index contributed by atoms with van der Waals surface area (Å²) in [5, 5.41) is 3.19. The number of aliphatic imine (C=N–C) groups is 1. The summed E-state index contributed by atoms with van der Waals surface area (Å²) in [5.41, 5.74) is 13.4. The van der Waals surface area contributed by atoms with Gasteiger partial charge in [0.25, 0.3) is 0 Å². The predicted octanol–water partition coefficient (Wildman–Crippen LogP) is 2.04. The van der Waals surface area contributed by atoms with E-state index in [-0.39, 0.29) is 5.96 Å². The fourth-order valence-electron chi connectivity index (χ4n) is 1.46. The number of hydrogen-bond donors (Lipinski definition) is 3. The van der Waals surface area contributed by atoms with E-state index in [4.69, 9.17) is 11.5 Å². The van der Waals surface area contributed by atoms with Gasteiger partial charge < -0.3 is 16.8 Å². The number of aromatic nitrogens is 1. The van der Waals surface area contributed by atoms with Gasteiger partial charge in [0.15, 0.2) is 5.96 Å². The molecule has 0 radical (unpaired) electrons. The van der Waals surface area contributed by atoms with E-state index in [9.17, 15) is 0 Å². The Bertz CT molecular complexity index is 539. The normalized spacial score (nSPS) is 9.83. The first kappa shape index (κ1) is 11.9. The molecule has 0 saturated carbocycles. The molecule has 0 spiro atoms. The van der Waals surface area contributed by atoms with Crippen LogP contribution in [-0.4, -0.2) is 10.9 Å². The zero-order valence-electron chi connectivity index (χ0n) is 10.1. The standard InChI is InChI=1S/C13H15N5/c1-9-2-4-10(5-3-9)17-12-7-6-11(8-16-12)18-13(14)15/h2-8H,1H3,(H,16,17)(H4,14,15,18). The van der Waals surface area contributed by atoms with Crippen LogP contribution in [0.3, 0.4) is 0 Å². The molecule has 1 aromatic heterocycles. The second-order valence-corrected chi connectivity index (χ2v) is 3.93. The van der Waals surface area contributed by atoms with E-state index in [1.807, 2.05) is 37.3 Å². The lowest BCUT2D eigenvalue weighted by molar-refractivity contribution is 1.28. The lowest BCUT2D eigenvalue weighted by atomic mass is 10.2. The Morgan fingerprint density at radius 3 is 2.39 bits per heavy atom. The van der Waals surface area contributed by atoms with E-state index in [0.29, 0.717) is 5.69 Å². The fourth-order valence-corrected chi connectivity index (χ4v) is 1.46. The van der Waals surface area contributed by atoms with Crippen LogP contribution in [0.1, 0.15) is 5.56 Å². The molecule has 0 aliphatic rings. The molecule has 1 heterocycles. The number of nitrogens with two attached hydrogens (primary N) is 2. The molecule has 0 aliphatic heterocycles. The Balaban J connectivity index is 2.11. The van der Waals surface area contributed by atoms with Crippen molar-refractivity contribution in [1.82, 2.24) is 4.98 Å². The van der Waals surface area contributed by atoms with Gasteiger partial charge in [-0.05, 0) is 31.2 Å². The number of anilines is 2.